The zero-order valence-corrected chi connectivity index (χ0v) is 19.7. The summed E-state index contributed by atoms with van der Waals surface area (Å²) in [6.07, 6.45) is -0.843. The molecule has 0 aliphatic carbocycles. The third kappa shape index (κ3) is 6.00. The number of thiazole rings is 1. The Bertz CT molecular complexity index is 1020. The predicted molar refractivity (Wildman–Crippen MR) is 117 cm³/mol. The Morgan fingerprint density at radius 1 is 1.31 bits per heavy atom. The highest BCUT2D eigenvalue weighted by Gasteiger charge is 2.38. The average molecular weight is 487 g/mol. The molecule has 2 N–H and O–H groups in total. The number of aromatic nitrogens is 1. The number of anilines is 1. The van der Waals surface area contributed by atoms with Crippen LogP contribution in [-0.4, -0.2) is 52.7 Å². The van der Waals surface area contributed by atoms with Gasteiger partial charge in [-0.15, -0.1) is 11.3 Å². The first kappa shape index (κ1) is 24.1. The van der Waals surface area contributed by atoms with Crippen molar-refractivity contribution in [3.63, 3.8) is 0 Å². The summed E-state index contributed by atoms with van der Waals surface area (Å²) in [7, 11) is 0. The van der Waals surface area contributed by atoms with E-state index in [4.69, 9.17) is 4.74 Å². The van der Waals surface area contributed by atoms with Gasteiger partial charge in [0.05, 0.1) is 24.3 Å². The number of amides is 3. The lowest BCUT2D eigenvalue weighted by atomic mass is 10.1. The molecule has 8 nitrogen and oxygen atoms in total. The molecule has 3 heterocycles. The smallest absolute Gasteiger partial charge is 0.408 e. The van der Waals surface area contributed by atoms with Crippen molar-refractivity contribution in [2.75, 3.05) is 18.4 Å². The molecule has 0 radical (unpaired) electrons. The van der Waals surface area contributed by atoms with Crippen molar-refractivity contribution in [2.24, 2.45) is 0 Å². The third-order valence-electron chi connectivity index (χ3n) is 4.56. The van der Waals surface area contributed by atoms with Crippen LogP contribution in [0.3, 0.4) is 0 Å². The standard InChI is InChI=1S/C20H24F2N4O4S2/c1-10-12(17(28)25-18-23-7-15(22)32-18)6-14(31-10)13-5-11(21)9-26(13)16(27)8-24-19(29)30-20(2,3)4/h6-7,11,13H,5,8-9H2,1-4H3,(H,24,29)(H,23,25,28)/t11-,13+/m1/s1. The van der Waals surface area contributed by atoms with E-state index < -0.39 is 40.9 Å². The van der Waals surface area contributed by atoms with E-state index in [1.54, 1.807) is 33.8 Å². The lowest BCUT2D eigenvalue weighted by Crippen LogP contribution is -2.41. The predicted octanol–water partition coefficient (Wildman–Crippen LogP) is 4.04. The second-order valence-electron chi connectivity index (χ2n) is 8.29. The first-order chi connectivity index (χ1) is 14.9. The fourth-order valence-electron chi connectivity index (χ4n) is 3.27. The minimum atomic E-state index is -1.22. The van der Waals surface area contributed by atoms with Gasteiger partial charge >= 0.3 is 6.09 Å². The summed E-state index contributed by atoms with van der Waals surface area (Å²) in [5.74, 6) is -0.907. The van der Waals surface area contributed by atoms with Crippen molar-refractivity contribution < 1.29 is 27.9 Å². The second kappa shape index (κ2) is 9.49. The number of ether oxygens (including phenoxy) is 1. The number of aryl methyl sites for hydroxylation is 1. The Hall–Kier alpha value is -2.60. The highest BCUT2D eigenvalue weighted by Crippen LogP contribution is 2.38. The maximum Gasteiger partial charge on any atom is 0.408 e. The molecule has 0 saturated carbocycles. The summed E-state index contributed by atoms with van der Waals surface area (Å²) >= 11 is 2.00. The molecule has 0 spiro atoms. The molecule has 0 aromatic carbocycles. The van der Waals surface area contributed by atoms with Crippen molar-refractivity contribution in [1.29, 1.82) is 0 Å². The van der Waals surface area contributed by atoms with Crippen LogP contribution in [0.5, 0.6) is 0 Å². The largest absolute Gasteiger partial charge is 0.444 e. The third-order valence-corrected chi connectivity index (χ3v) is 6.41. The number of alkyl halides is 1. The number of rotatable bonds is 5. The molecule has 2 atom stereocenters. The van der Waals surface area contributed by atoms with E-state index in [9.17, 15) is 23.2 Å². The van der Waals surface area contributed by atoms with E-state index >= 15 is 0 Å². The van der Waals surface area contributed by atoms with Crippen molar-refractivity contribution in [1.82, 2.24) is 15.2 Å². The van der Waals surface area contributed by atoms with Crippen molar-refractivity contribution in [3.05, 3.63) is 32.7 Å². The van der Waals surface area contributed by atoms with Gasteiger partial charge < -0.3 is 15.0 Å². The first-order valence-corrected chi connectivity index (χ1v) is 11.5. The molecule has 3 amide bonds. The summed E-state index contributed by atoms with van der Waals surface area (Å²) < 4.78 is 32.5. The summed E-state index contributed by atoms with van der Waals surface area (Å²) in [5, 5.41) is 4.55. The second-order valence-corrected chi connectivity index (χ2v) is 10.6. The normalized spacial score (nSPS) is 18.5. The van der Waals surface area contributed by atoms with Gasteiger partial charge in [0.15, 0.2) is 10.3 Å². The molecule has 32 heavy (non-hydrogen) atoms. The van der Waals surface area contributed by atoms with Crippen molar-refractivity contribution in [2.45, 2.75) is 51.9 Å². The maximum absolute atomic E-state index is 14.2. The highest BCUT2D eigenvalue weighted by atomic mass is 32.1. The van der Waals surface area contributed by atoms with E-state index in [2.05, 4.69) is 15.6 Å². The van der Waals surface area contributed by atoms with Crippen LogP contribution in [0.4, 0.5) is 18.7 Å². The molecule has 1 saturated heterocycles. The monoisotopic (exact) mass is 486 g/mol. The Balaban J connectivity index is 1.69. The molecule has 1 aliphatic rings. The van der Waals surface area contributed by atoms with Gasteiger partial charge in [-0.3, -0.25) is 14.9 Å². The molecule has 2 aromatic rings. The number of carbonyl (C=O) groups is 3. The molecule has 2 aromatic heterocycles. The van der Waals surface area contributed by atoms with Gasteiger partial charge in [-0.1, -0.05) is 11.3 Å². The average Bonchev–Trinajstić information content (AvgIpc) is 3.36. The Morgan fingerprint density at radius 3 is 2.66 bits per heavy atom. The number of hydrogen-bond donors (Lipinski definition) is 2. The molecule has 1 fully saturated rings. The topological polar surface area (TPSA) is 101 Å². The Kier molecular flexibility index (Phi) is 7.13. The minimum absolute atomic E-state index is 0.0941. The van der Waals surface area contributed by atoms with Crippen molar-refractivity contribution in [3.8, 4) is 0 Å². The number of nitrogens with one attached hydrogen (secondary N) is 2. The summed E-state index contributed by atoms with van der Waals surface area (Å²) in [4.78, 5) is 43.5. The summed E-state index contributed by atoms with van der Waals surface area (Å²) in [5.41, 5.74) is -0.356. The number of thiophene rings is 1. The van der Waals surface area contributed by atoms with Gasteiger partial charge in [-0.2, -0.15) is 4.39 Å². The molecular formula is C20H24F2N4O4S2. The molecule has 0 bridgehead atoms. The van der Waals surface area contributed by atoms with Gasteiger partial charge in [0.25, 0.3) is 5.91 Å². The zero-order valence-electron chi connectivity index (χ0n) is 18.0. The number of hydrogen-bond acceptors (Lipinski definition) is 7. The lowest BCUT2D eigenvalue weighted by molar-refractivity contribution is -0.131. The molecule has 12 heteroatoms. The number of likely N-dealkylation sites (tertiary alicyclic amines) is 1. The zero-order chi connectivity index (χ0) is 23.6. The summed E-state index contributed by atoms with van der Waals surface area (Å²) in [6.45, 7) is 6.43. The van der Waals surface area contributed by atoms with E-state index in [0.29, 0.717) is 26.7 Å². The van der Waals surface area contributed by atoms with Gasteiger partial charge in [-0.05, 0) is 33.8 Å². The van der Waals surface area contributed by atoms with E-state index in [0.717, 1.165) is 6.20 Å². The van der Waals surface area contributed by atoms with Crippen LogP contribution in [0.15, 0.2) is 12.3 Å². The first-order valence-electron chi connectivity index (χ1n) is 9.86. The Labute approximate surface area is 192 Å². The lowest BCUT2D eigenvalue weighted by Gasteiger charge is -2.24. The quantitative estimate of drug-likeness (QED) is 0.664. The number of nitrogens with zero attached hydrogens (tertiary/aromatic N) is 2. The highest BCUT2D eigenvalue weighted by molar-refractivity contribution is 7.14. The van der Waals surface area contributed by atoms with Crippen LogP contribution in [0, 0.1) is 12.1 Å². The molecule has 0 unspecified atom stereocenters. The van der Waals surface area contributed by atoms with Crippen LogP contribution >= 0.6 is 22.7 Å². The van der Waals surface area contributed by atoms with E-state index in [1.807, 2.05) is 0 Å². The maximum atomic E-state index is 14.2. The number of alkyl carbamates (subject to hydrolysis) is 1. The van der Waals surface area contributed by atoms with Gasteiger partial charge in [-0.25, -0.2) is 14.2 Å². The fraction of sp³-hybridized carbons (Fsp3) is 0.500. The minimum Gasteiger partial charge on any atom is -0.444 e. The van der Waals surface area contributed by atoms with Crippen molar-refractivity contribution >= 4 is 45.7 Å². The van der Waals surface area contributed by atoms with Crippen LogP contribution < -0.4 is 10.6 Å². The van der Waals surface area contributed by atoms with E-state index in [1.165, 1.54) is 16.2 Å². The molecule has 174 valence electrons. The van der Waals surface area contributed by atoms with Crippen LogP contribution in [0.1, 0.15) is 53.3 Å². The Morgan fingerprint density at radius 2 is 2.03 bits per heavy atom. The van der Waals surface area contributed by atoms with Gasteiger partial charge in [0, 0.05) is 16.2 Å². The van der Waals surface area contributed by atoms with Gasteiger partial charge in [0.2, 0.25) is 5.91 Å². The molecular weight excluding hydrogens is 462 g/mol. The number of carbonyl (C=O) groups excluding carboxylic acids is 3. The molecule has 1 aliphatic heterocycles. The fourth-order valence-corrected chi connectivity index (χ4v) is 4.96. The molecule has 3 rings (SSSR count). The summed E-state index contributed by atoms with van der Waals surface area (Å²) in [6, 6.07) is 1.06. The SMILES string of the molecule is Cc1sc([C@@H]2C[C@@H](F)CN2C(=O)CNC(=O)OC(C)(C)C)cc1C(=O)Nc1ncc(F)s1. The van der Waals surface area contributed by atoms with Crippen LogP contribution in [0.2, 0.25) is 0 Å². The van der Waals surface area contributed by atoms with Crippen LogP contribution in [-0.2, 0) is 9.53 Å². The number of halogens is 2. The van der Waals surface area contributed by atoms with Gasteiger partial charge in [0.1, 0.15) is 18.3 Å². The van der Waals surface area contributed by atoms with Crippen LogP contribution in [0.25, 0.3) is 0 Å². The van der Waals surface area contributed by atoms with E-state index in [-0.39, 0.29) is 24.6 Å².